The number of fused-ring (bicyclic) bond motifs is 2. The van der Waals surface area contributed by atoms with Crippen molar-refractivity contribution in [2.24, 2.45) is 4.99 Å². The number of benzene rings is 2. The number of hydrogen-bond acceptors (Lipinski definition) is 8. The third-order valence-corrected chi connectivity index (χ3v) is 5.80. The quantitative estimate of drug-likeness (QED) is 0.422. The number of aliphatic imine (C=N–C) groups is 1. The number of aromatic nitrogens is 6. The molecule has 3 aromatic heterocycles. The molecule has 0 saturated carbocycles. The summed E-state index contributed by atoms with van der Waals surface area (Å²) in [5.41, 5.74) is 5.56. The Morgan fingerprint density at radius 3 is 2.79 bits per heavy atom. The molecule has 0 amide bonds. The van der Waals surface area contributed by atoms with E-state index in [2.05, 4.69) is 48.3 Å². The topological polar surface area (TPSA) is 105 Å². The van der Waals surface area contributed by atoms with Gasteiger partial charge in [0.25, 0.3) is 0 Å². The Kier molecular flexibility index (Phi) is 5.36. The molecular weight excluding hydrogens is 428 g/mol. The second-order valence-corrected chi connectivity index (χ2v) is 8.14. The summed E-state index contributed by atoms with van der Waals surface area (Å²) in [5.74, 6) is 0.664. The van der Waals surface area contributed by atoms with Gasteiger partial charge < -0.3 is 9.64 Å². The first-order valence-electron chi connectivity index (χ1n) is 11.1. The number of hydrogen-bond donors (Lipinski definition) is 1. The lowest BCUT2D eigenvalue weighted by molar-refractivity contribution is 0.170. The minimum Gasteiger partial charge on any atom is -0.374 e. The van der Waals surface area contributed by atoms with E-state index in [-0.39, 0.29) is 0 Å². The first-order valence-corrected chi connectivity index (χ1v) is 11.1. The molecule has 9 nitrogen and oxygen atoms in total. The van der Waals surface area contributed by atoms with Crippen molar-refractivity contribution in [2.45, 2.75) is 6.54 Å². The lowest BCUT2D eigenvalue weighted by Crippen LogP contribution is -2.34. The summed E-state index contributed by atoms with van der Waals surface area (Å²) in [5, 5.41) is 8.79. The van der Waals surface area contributed by atoms with Gasteiger partial charge in [0.05, 0.1) is 54.8 Å². The van der Waals surface area contributed by atoms with Crippen LogP contribution in [-0.4, -0.2) is 62.1 Å². The van der Waals surface area contributed by atoms with Gasteiger partial charge in [-0.3, -0.25) is 10.1 Å². The molecule has 5 aromatic rings. The highest BCUT2D eigenvalue weighted by Gasteiger charge is 2.17. The van der Waals surface area contributed by atoms with E-state index >= 15 is 0 Å². The van der Waals surface area contributed by atoms with Crippen LogP contribution in [-0.2, 0) is 11.3 Å². The standard InChI is InChI=1S/C25H22N8O/c1-2-4-17(5-3-1)13-33(14-20-15-34-9-8-26-20)25-27-11-19-10-18(6-7-22(19)31-25)23-21-12-30-32-24(21)29-16-28-23/h1-7,10-12,16H,8-9,13-15H2,(H,28,29,30,32). The number of anilines is 1. The Labute approximate surface area is 195 Å². The molecule has 0 unspecified atom stereocenters. The first-order chi connectivity index (χ1) is 16.8. The number of nitrogens with one attached hydrogen (secondary N) is 1. The molecule has 6 rings (SSSR count). The van der Waals surface area contributed by atoms with Crippen molar-refractivity contribution in [3.63, 3.8) is 0 Å². The average Bonchev–Trinajstić information content (AvgIpc) is 3.38. The second-order valence-electron chi connectivity index (χ2n) is 8.14. The van der Waals surface area contributed by atoms with Crippen molar-refractivity contribution < 1.29 is 4.74 Å². The number of ether oxygens (including phenoxy) is 1. The van der Waals surface area contributed by atoms with Gasteiger partial charge in [0, 0.05) is 23.7 Å². The van der Waals surface area contributed by atoms with Crippen molar-refractivity contribution >= 4 is 33.6 Å². The fraction of sp³-hybridized carbons (Fsp3) is 0.200. The Balaban J connectivity index is 1.35. The number of nitrogens with zero attached hydrogens (tertiary/aromatic N) is 7. The van der Waals surface area contributed by atoms with E-state index in [9.17, 15) is 0 Å². The lowest BCUT2D eigenvalue weighted by atomic mass is 10.1. The Morgan fingerprint density at radius 2 is 1.91 bits per heavy atom. The van der Waals surface area contributed by atoms with Gasteiger partial charge in [0.2, 0.25) is 5.95 Å². The van der Waals surface area contributed by atoms with Gasteiger partial charge in [-0.15, -0.1) is 0 Å². The number of H-pyrrole nitrogens is 1. The Morgan fingerprint density at radius 1 is 0.971 bits per heavy atom. The molecule has 34 heavy (non-hydrogen) atoms. The van der Waals surface area contributed by atoms with Gasteiger partial charge in [0.1, 0.15) is 6.33 Å². The van der Waals surface area contributed by atoms with Gasteiger partial charge >= 0.3 is 0 Å². The highest BCUT2D eigenvalue weighted by atomic mass is 16.5. The highest BCUT2D eigenvalue weighted by molar-refractivity contribution is 5.93. The van der Waals surface area contributed by atoms with Gasteiger partial charge in [-0.25, -0.2) is 19.9 Å². The van der Waals surface area contributed by atoms with Crippen LogP contribution in [0.3, 0.4) is 0 Å². The van der Waals surface area contributed by atoms with Gasteiger partial charge in [0.15, 0.2) is 5.65 Å². The van der Waals surface area contributed by atoms with E-state index < -0.39 is 0 Å². The summed E-state index contributed by atoms with van der Waals surface area (Å²) in [6.45, 7) is 3.22. The smallest absolute Gasteiger partial charge is 0.226 e. The van der Waals surface area contributed by atoms with Gasteiger partial charge in [-0.05, 0) is 17.7 Å². The predicted octanol–water partition coefficient (Wildman–Crippen LogP) is 3.44. The van der Waals surface area contributed by atoms with Crippen LogP contribution < -0.4 is 4.90 Å². The monoisotopic (exact) mass is 450 g/mol. The molecule has 0 radical (unpaired) electrons. The Bertz CT molecular complexity index is 1480. The molecule has 0 bridgehead atoms. The fourth-order valence-electron chi connectivity index (χ4n) is 4.14. The van der Waals surface area contributed by atoms with Crippen molar-refractivity contribution in [3.8, 4) is 11.3 Å². The normalized spacial score (nSPS) is 13.8. The molecule has 0 spiro atoms. The summed E-state index contributed by atoms with van der Waals surface area (Å²) in [6.07, 6.45) is 5.15. The predicted molar refractivity (Wildman–Crippen MR) is 131 cm³/mol. The van der Waals surface area contributed by atoms with Crippen LogP contribution in [0.5, 0.6) is 0 Å². The van der Waals surface area contributed by atoms with E-state index in [4.69, 9.17) is 14.7 Å². The molecule has 2 aromatic carbocycles. The van der Waals surface area contributed by atoms with E-state index in [0.29, 0.717) is 44.4 Å². The highest BCUT2D eigenvalue weighted by Crippen LogP contribution is 2.27. The molecule has 0 aliphatic carbocycles. The Hall–Kier alpha value is -4.24. The molecule has 9 heteroatoms. The first kappa shape index (κ1) is 20.4. The van der Waals surface area contributed by atoms with Crippen LogP contribution in [0.1, 0.15) is 5.56 Å². The van der Waals surface area contributed by atoms with E-state index in [0.717, 1.165) is 33.3 Å². The van der Waals surface area contributed by atoms with E-state index in [1.807, 2.05) is 36.5 Å². The van der Waals surface area contributed by atoms with E-state index in [1.165, 1.54) is 5.56 Å². The summed E-state index contributed by atoms with van der Waals surface area (Å²) in [6, 6.07) is 16.4. The molecule has 1 aliphatic rings. The SMILES string of the molecule is c1ccc(CN(CC2=NCCOC2)c2ncc3cc(-c4ncnc5[nH]ncc45)ccc3n2)cc1. The van der Waals surface area contributed by atoms with Crippen LogP contribution in [0.25, 0.3) is 33.2 Å². The van der Waals surface area contributed by atoms with Crippen LogP contribution >= 0.6 is 0 Å². The zero-order valence-corrected chi connectivity index (χ0v) is 18.4. The molecular formula is C25H22N8O. The van der Waals surface area contributed by atoms with Gasteiger partial charge in [-0.1, -0.05) is 36.4 Å². The molecule has 0 atom stereocenters. The summed E-state index contributed by atoms with van der Waals surface area (Å²) < 4.78 is 5.60. The second kappa shape index (κ2) is 8.95. The van der Waals surface area contributed by atoms with Crippen molar-refractivity contribution in [1.29, 1.82) is 0 Å². The van der Waals surface area contributed by atoms with Gasteiger partial charge in [-0.2, -0.15) is 5.10 Å². The summed E-state index contributed by atoms with van der Waals surface area (Å²) >= 11 is 0. The fourth-order valence-corrected chi connectivity index (χ4v) is 4.14. The molecule has 168 valence electrons. The zero-order chi connectivity index (χ0) is 22.7. The summed E-state index contributed by atoms with van der Waals surface area (Å²) in [7, 11) is 0. The van der Waals surface area contributed by atoms with Crippen LogP contribution in [0.4, 0.5) is 5.95 Å². The molecule has 1 N–H and O–H groups in total. The van der Waals surface area contributed by atoms with Crippen molar-refractivity contribution in [3.05, 3.63) is 72.8 Å². The van der Waals surface area contributed by atoms with Crippen molar-refractivity contribution in [2.75, 3.05) is 31.2 Å². The third-order valence-electron chi connectivity index (χ3n) is 5.80. The molecule has 0 fully saturated rings. The minimum absolute atomic E-state index is 0.545. The van der Waals surface area contributed by atoms with E-state index in [1.54, 1.807) is 12.5 Å². The third kappa shape index (κ3) is 4.08. The summed E-state index contributed by atoms with van der Waals surface area (Å²) in [4.78, 5) is 25.1. The molecule has 4 heterocycles. The molecule has 1 aliphatic heterocycles. The largest absolute Gasteiger partial charge is 0.374 e. The van der Waals surface area contributed by atoms with Crippen LogP contribution in [0.15, 0.2) is 72.2 Å². The number of aromatic amines is 1. The minimum atomic E-state index is 0.545. The van der Waals surface area contributed by atoms with Crippen LogP contribution in [0, 0.1) is 0 Å². The zero-order valence-electron chi connectivity index (χ0n) is 18.4. The maximum atomic E-state index is 5.60. The van der Waals surface area contributed by atoms with Crippen LogP contribution in [0.2, 0.25) is 0 Å². The van der Waals surface area contributed by atoms with Crippen molar-refractivity contribution in [1.82, 2.24) is 30.1 Å². The average molecular weight is 451 g/mol. The maximum absolute atomic E-state index is 5.60. The maximum Gasteiger partial charge on any atom is 0.226 e. The molecule has 0 saturated heterocycles. The lowest BCUT2D eigenvalue weighted by Gasteiger charge is -2.25. The number of rotatable bonds is 6.